The summed E-state index contributed by atoms with van der Waals surface area (Å²) in [6.07, 6.45) is -0.156. The standard InChI is InChI=1S/C7H9NO.C6H6ClNO.C4H5NO2.ClH.Cu.Na.H2O4S/c1-9-7-5-3-2-4-6(7)8;7-4-1-2-6(9)5(8)3-4;1-7-4(6)2-3-5;;;;1-5(2,3)4/h2-5H,8H2,1H3;1-3,9H,8H2;2H2,1H3;1H;;;(H2,1,2,3,4)/q;;;;+2;+1;/p-2. The Morgan fingerprint density at radius 2 is 1.64 bits per heavy atom. The molecule has 2 aromatic carbocycles. The van der Waals surface area contributed by atoms with Crippen LogP contribution in [0.1, 0.15) is 6.42 Å². The number of phenolic OH excluding ortho intramolecular Hbond substituents is 1. The molecule has 33 heavy (non-hydrogen) atoms. The second kappa shape index (κ2) is 23.7. The maximum absolute atomic E-state index is 9.97. The van der Waals surface area contributed by atoms with E-state index in [0.29, 0.717) is 16.4 Å². The average Bonchev–Trinajstić information content (AvgIpc) is 2.65. The van der Waals surface area contributed by atoms with Gasteiger partial charge in [-0.2, -0.15) is 5.26 Å². The van der Waals surface area contributed by atoms with Gasteiger partial charge in [0.15, 0.2) is 0 Å². The normalized spacial score (nSPS) is 8.24. The number of nitrogens with zero attached hydrogens (tertiary/aromatic N) is 1. The summed E-state index contributed by atoms with van der Waals surface area (Å²) in [5, 5.41) is 17.2. The largest absolute Gasteiger partial charge is 2.00 e. The predicted octanol–water partition coefficient (Wildman–Crippen LogP) is -0.936. The topological polar surface area (TPSA) is 212 Å². The molecule has 0 aliphatic heterocycles. The number of aromatic hydroxyl groups is 1. The van der Waals surface area contributed by atoms with Crippen molar-refractivity contribution in [1.29, 1.82) is 5.26 Å². The summed E-state index contributed by atoms with van der Waals surface area (Å²) in [6.45, 7) is 0. The third-order valence-electron chi connectivity index (χ3n) is 2.58. The van der Waals surface area contributed by atoms with E-state index in [-0.39, 0.29) is 71.2 Å². The van der Waals surface area contributed by atoms with Crippen molar-refractivity contribution in [1.82, 2.24) is 0 Å². The van der Waals surface area contributed by atoms with Gasteiger partial charge in [-0.15, -0.1) is 12.4 Å². The minimum absolute atomic E-state index is 0. The summed E-state index contributed by atoms with van der Waals surface area (Å²) >= 11 is 5.53. The van der Waals surface area contributed by atoms with Gasteiger partial charge in [0.25, 0.3) is 0 Å². The van der Waals surface area contributed by atoms with Crippen LogP contribution in [0, 0.1) is 11.3 Å². The Morgan fingerprint density at radius 1 is 1.15 bits per heavy atom. The molecule has 0 unspecified atom stereocenters. The number of esters is 1. The number of nitrogen functional groups attached to an aromatic ring is 2. The molecule has 0 heterocycles. The van der Waals surface area contributed by atoms with Crippen LogP contribution < -0.4 is 45.8 Å². The van der Waals surface area contributed by atoms with Gasteiger partial charge in [0, 0.05) is 15.4 Å². The molecule has 11 nitrogen and oxygen atoms in total. The minimum Gasteiger partial charge on any atom is -0.759 e. The molecule has 0 atom stereocenters. The van der Waals surface area contributed by atoms with E-state index >= 15 is 0 Å². The first-order valence-electron chi connectivity index (χ1n) is 7.58. The van der Waals surface area contributed by atoms with Crippen LogP contribution in [0.5, 0.6) is 11.5 Å². The van der Waals surface area contributed by atoms with E-state index in [1.165, 1.54) is 19.2 Å². The molecule has 2 aromatic rings. The van der Waals surface area contributed by atoms with E-state index in [4.69, 9.17) is 55.7 Å². The van der Waals surface area contributed by atoms with Gasteiger partial charge < -0.3 is 35.2 Å². The number of nitrogens with two attached hydrogens (primary N) is 2. The Balaban J connectivity index is -0.000000105. The average molecular weight is 585 g/mol. The number of para-hydroxylation sites is 2. The molecule has 0 aliphatic carbocycles. The number of ether oxygens (including phenoxy) is 2. The molecule has 0 saturated heterocycles. The Morgan fingerprint density at radius 3 is 1.91 bits per heavy atom. The number of carbonyl (C=O) groups is 1. The number of hydrogen-bond acceptors (Lipinski definition) is 11. The van der Waals surface area contributed by atoms with Crippen molar-refractivity contribution in [3.63, 3.8) is 0 Å². The smallest absolute Gasteiger partial charge is 0.759 e. The number of hydrogen-bond donors (Lipinski definition) is 3. The molecule has 0 aromatic heterocycles. The first kappa shape index (κ1) is 41.8. The molecule has 0 aliphatic rings. The molecular weight excluding hydrogens is 564 g/mol. The van der Waals surface area contributed by atoms with Crippen LogP contribution in [-0.2, 0) is 37.0 Å². The number of halogens is 2. The Kier molecular flexibility index (Phi) is 30.0. The summed E-state index contributed by atoms with van der Waals surface area (Å²) in [6, 6.07) is 13.6. The number of nitriles is 1. The molecule has 183 valence electrons. The maximum atomic E-state index is 9.97. The molecule has 2 rings (SSSR count). The van der Waals surface area contributed by atoms with Crippen LogP contribution in [0.15, 0.2) is 42.5 Å². The van der Waals surface area contributed by atoms with E-state index in [1.54, 1.807) is 25.3 Å². The monoisotopic (exact) mass is 583 g/mol. The van der Waals surface area contributed by atoms with Crippen molar-refractivity contribution >= 4 is 51.8 Å². The van der Waals surface area contributed by atoms with Gasteiger partial charge in [0.1, 0.15) is 17.9 Å². The summed E-state index contributed by atoms with van der Waals surface area (Å²) in [7, 11) is -2.31. The number of benzene rings is 2. The molecule has 16 heteroatoms. The Bertz CT molecular complexity index is 942. The molecule has 0 fully saturated rings. The van der Waals surface area contributed by atoms with Crippen molar-refractivity contribution in [2.45, 2.75) is 6.42 Å². The van der Waals surface area contributed by atoms with Crippen LogP contribution >= 0.6 is 24.0 Å². The fraction of sp³-hybridized carbons (Fsp3) is 0.176. The Hall–Kier alpha value is -1.43. The number of anilines is 2. The number of methoxy groups -OCH3 is 2. The van der Waals surface area contributed by atoms with Gasteiger partial charge in [0.2, 0.25) is 0 Å². The summed E-state index contributed by atoms with van der Waals surface area (Å²) < 4.78 is 43.1. The molecular formula is C17H21Cl2CuN3NaO8S+. The second-order valence-corrected chi connectivity index (χ2v) is 6.02. The van der Waals surface area contributed by atoms with Gasteiger partial charge in [-0.1, -0.05) is 23.7 Å². The zero-order valence-corrected chi connectivity index (χ0v) is 23.0. The second-order valence-electron chi connectivity index (χ2n) is 4.76. The van der Waals surface area contributed by atoms with Gasteiger partial charge in [-0.25, -0.2) is 0 Å². The zero-order valence-electron chi connectivity index (χ0n) is 17.7. The molecule has 0 spiro atoms. The van der Waals surface area contributed by atoms with Crippen LogP contribution in [0.2, 0.25) is 5.02 Å². The quantitative estimate of drug-likeness (QED) is 0.0978. The van der Waals surface area contributed by atoms with Crippen molar-refractivity contribution in [2.75, 3.05) is 25.7 Å². The Labute approximate surface area is 236 Å². The van der Waals surface area contributed by atoms with Crippen LogP contribution in [0.25, 0.3) is 0 Å². The molecule has 1 radical (unpaired) electrons. The van der Waals surface area contributed by atoms with E-state index in [2.05, 4.69) is 4.74 Å². The minimum atomic E-state index is -5.17. The van der Waals surface area contributed by atoms with Gasteiger partial charge in [-0.05, 0) is 30.3 Å². The van der Waals surface area contributed by atoms with Crippen LogP contribution in [-0.4, -0.2) is 42.8 Å². The van der Waals surface area contributed by atoms with E-state index < -0.39 is 16.4 Å². The van der Waals surface area contributed by atoms with Gasteiger partial charge >= 0.3 is 52.6 Å². The van der Waals surface area contributed by atoms with Crippen molar-refractivity contribution in [3.05, 3.63) is 47.5 Å². The number of phenols is 1. The summed E-state index contributed by atoms with van der Waals surface area (Å²) in [4.78, 5) is 9.97. The van der Waals surface area contributed by atoms with Gasteiger partial charge in [-0.3, -0.25) is 13.2 Å². The zero-order chi connectivity index (χ0) is 23.7. The summed E-state index contributed by atoms with van der Waals surface area (Å²) in [5.74, 6) is 0.319. The van der Waals surface area contributed by atoms with E-state index in [1.807, 2.05) is 18.2 Å². The fourth-order valence-electron chi connectivity index (χ4n) is 1.33. The van der Waals surface area contributed by atoms with E-state index in [0.717, 1.165) is 5.75 Å². The molecule has 0 amide bonds. The molecule has 0 bridgehead atoms. The summed E-state index contributed by atoms with van der Waals surface area (Å²) in [5.41, 5.74) is 11.8. The third kappa shape index (κ3) is 28.5. The van der Waals surface area contributed by atoms with Crippen molar-refractivity contribution in [3.8, 4) is 17.6 Å². The first-order chi connectivity index (χ1) is 13.8. The van der Waals surface area contributed by atoms with E-state index in [9.17, 15) is 4.79 Å². The SMILES string of the molecule is COC(=O)CC#N.COc1ccccc1N.Cl.Nc1cc(Cl)ccc1O.O=S(=O)([O-])[O-].[Cu+2].[Na+]. The molecule has 5 N–H and O–H groups in total. The predicted molar refractivity (Wildman–Crippen MR) is 115 cm³/mol. The third-order valence-corrected chi connectivity index (χ3v) is 2.81. The van der Waals surface area contributed by atoms with Crippen LogP contribution in [0.4, 0.5) is 11.4 Å². The van der Waals surface area contributed by atoms with Crippen molar-refractivity contribution < 1.29 is 83.5 Å². The molecule has 0 saturated carbocycles. The van der Waals surface area contributed by atoms with Crippen LogP contribution in [0.3, 0.4) is 0 Å². The van der Waals surface area contributed by atoms with Crippen molar-refractivity contribution in [2.24, 2.45) is 0 Å². The maximum Gasteiger partial charge on any atom is 2.00 e. The van der Waals surface area contributed by atoms with Gasteiger partial charge in [0.05, 0.1) is 31.7 Å². The number of rotatable bonds is 2. The fourth-order valence-corrected chi connectivity index (χ4v) is 1.51. The number of carbonyl (C=O) groups excluding carboxylic acids is 1. The first-order valence-corrected chi connectivity index (χ1v) is 9.29.